The lowest BCUT2D eigenvalue weighted by molar-refractivity contribution is -0.361. The van der Waals surface area contributed by atoms with E-state index in [0.29, 0.717) is 0 Å². The van der Waals surface area contributed by atoms with Crippen LogP contribution < -0.4 is 15.2 Å². The minimum Gasteiger partial charge on any atom is -0.756 e. The van der Waals surface area contributed by atoms with Crippen molar-refractivity contribution in [3.63, 3.8) is 0 Å². The number of anilines is 1. The minimum absolute atomic E-state index is 0.849. The van der Waals surface area contributed by atoms with Crippen LogP contribution in [0.15, 0.2) is 54.7 Å². The molecule has 0 aliphatic heterocycles. The van der Waals surface area contributed by atoms with Crippen LogP contribution in [-0.4, -0.2) is 9.79 Å². The highest BCUT2D eigenvalue weighted by Gasteiger charge is 1.98. The van der Waals surface area contributed by atoms with Gasteiger partial charge in [-0.25, -0.2) is 4.98 Å². The zero-order valence-electron chi connectivity index (χ0n) is 10.1. The number of nitrogens with one attached hydrogen (secondary N) is 2. The van der Waals surface area contributed by atoms with Gasteiger partial charge in [0.25, 0.3) is 13.6 Å². The quantitative estimate of drug-likeness (QED) is 0.713. The van der Waals surface area contributed by atoms with Crippen LogP contribution in [0.2, 0.25) is 0 Å². The lowest BCUT2D eigenvalue weighted by atomic mass is 10.2. The van der Waals surface area contributed by atoms with Gasteiger partial charge < -0.3 is 14.7 Å². The Labute approximate surface area is 111 Å². The monoisotopic (exact) mass is 282 g/mol. The number of pyridine rings is 1. The van der Waals surface area contributed by atoms with E-state index >= 15 is 0 Å². The van der Waals surface area contributed by atoms with Crippen molar-refractivity contribution in [3.05, 3.63) is 60.3 Å². The Morgan fingerprint density at radius 1 is 1.11 bits per heavy atom. The molecule has 0 spiro atoms. The van der Waals surface area contributed by atoms with E-state index in [-0.39, 0.29) is 0 Å². The van der Waals surface area contributed by atoms with E-state index in [9.17, 15) is 0 Å². The summed E-state index contributed by atoms with van der Waals surface area (Å²) in [4.78, 5) is 26.1. The predicted molar refractivity (Wildman–Crippen MR) is 68.8 cm³/mol. The third kappa shape index (κ3) is 8.93. The molecule has 0 atom stereocenters. The van der Waals surface area contributed by atoms with Gasteiger partial charge in [-0.15, -0.1) is 0 Å². The summed E-state index contributed by atoms with van der Waals surface area (Å²) >= 11 is 0. The van der Waals surface area contributed by atoms with Crippen molar-refractivity contribution in [1.82, 2.24) is 0 Å². The zero-order valence-corrected chi connectivity index (χ0v) is 11.0. The highest BCUT2D eigenvalue weighted by atomic mass is 31.2. The molecule has 1 aromatic heterocycles. The average Bonchev–Trinajstić information content (AvgIpc) is 2.37. The number of hydrogen-bond donors (Lipinski definition) is 3. The molecule has 6 nitrogen and oxygen atoms in total. The highest BCUT2D eigenvalue weighted by molar-refractivity contribution is 7.43. The van der Waals surface area contributed by atoms with E-state index in [1.54, 1.807) is 0 Å². The van der Waals surface area contributed by atoms with Gasteiger partial charge in [-0.2, -0.15) is 0 Å². The van der Waals surface area contributed by atoms with Gasteiger partial charge in [-0.05, 0) is 11.6 Å². The SMILES string of the molecule is O=P([O-])(O)O.c1ccc(CNc2cccc[nH+]2)cc1. The standard InChI is InChI=1S/C12H12N2.H3O4P/c1-2-6-11(7-3-1)10-14-12-8-4-5-9-13-12;1-5(2,3)4/h1-9H,10H2,(H,13,14);(H3,1,2,3,4). The van der Waals surface area contributed by atoms with Crippen LogP contribution in [-0.2, 0) is 11.1 Å². The van der Waals surface area contributed by atoms with E-state index in [2.05, 4.69) is 22.4 Å². The predicted octanol–water partition coefficient (Wildman–Crippen LogP) is 0.552. The summed E-state index contributed by atoms with van der Waals surface area (Å²) in [5.41, 5.74) is 1.28. The van der Waals surface area contributed by atoms with Gasteiger partial charge in [0.05, 0.1) is 6.20 Å². The molecule has 102 valence electrons. The largest absolute Gasteiger partial charge is 0.756 e. The molecule has 2 rings (SSSR count). The normalized spacial score (nSPS) is 10.3. The number of rotatable bonds is 3. The number of hydrogen-bond acceptors (Lipinski definition) is 3. The molecule has 0 saturated heterocycles. The van der Waals surface area contributed by atoms with E-state index < -0.39 is 7.82 Å². The summed E-state index contributed by atoms with van der Waals surface area (Å²) in [6, 6.07) is 16.3. The second kappa shape index (κ2) is 7.66. The molecule has 7 heteroatoms. The molecule has 0 bridgehead atoms. The molecule has 1 aromatic carbocycles. The number of aromatic amines is 1. The van der Waals surface area contributed by atoms with Crippen LogP contribution in [0.1, 0.15) is 5.56 Å². The molecule has 0 aliphatic carbocycles. The molecule has 0 amide bonds. The van der Waals surface area contributed by atoms with Gasteiger partial charge in [0.15, 0.2) is 0 Å². The van der Waals surface area contributed by atoms with Crippen molar-refractivity contribution in [3.8, 4) is 0 Å². The second-order valence-corrected chi connectivity index (χ2v) is 4.59. The number of aromatic nitrogens is 1. The van der Waals surface area contributed by atoms with Crippen LogP contribution in [0, 0.1) is 0 Å². The summed E-state index contributed by atoms with van der Waals surface area (Å²) < 4.78 is 8.77. The minimum atomic E-state index is -4.89. The van der Waals surface area contributed by atoms with Gasteiger partial charge >= 0.3 is 0 Å². The first-order chi connectivity index (χ1) is 8.95. The van der Waals surface area contributed by atoms with Crippen LogP contribution >= 0.6 is 7.82 Å². The topological polar surface area (TPSA) is 107 Å². The molecule has 1 heterocycles. The third-order valence-electron chi connectivity index (χ3n) is 2.03. The summed E-state index contributed by atoms with van der Waals surface area (Å²) in [7, 11) is -4.89. The van der Waals surface area contributed by atoms with E-state index in [0.717, 1.165) is 12.4 Å². The van der Waals surface area contributed by atoms with Crippen LogP contribution in [0.5, 0.6) is 0 Å². The van der Waals surface area contributed by atoms with Crippen LogP contribution in [0.4, 0.5) is 5.82 Å². The summed E-state index contributed by atoms with van der Waals surface area (Å²) in [5.74, 6) is 1.04. The van der Waals surface area contributed by atoms with Crippen molar-refractivity contribution >= 4 is 13.6 Å². The molecule has 19 heavy (non-hydrogen) atoms. The van der Waals surface area contributed by atoms with Gasteiger partial charge in [0, 0.05) is 6.07 Å². The average molecular weight is 282 g/mol. The molecule has 0 unspecified atom stereocenters. The fraction of sp³-hybridized carbons (Fsp3) is 0.0833. The Morgan fingerprint density at radius 3 is 2.21 bits per heavy atom. The molecular weight excluding hydrogens is 267 g/mol. The summed E-state index contributed by atoms with van der Waals surface area (Å²) in [6.45, 7) is 0.849. The fourth-order valence-electron chi connectivity index (χ4n) is 1.30. The Hall–Kier alpha value is -1.72. The first-order valence-corrected chi connectivity index (χ1v) is 6.99. The van der Waals surface area contributed by atoms with E-state index in [4.69, 9.17) is 19.2 Å². The number of benzene rings is 1. The molecule has 0 radical (unpaired) electrons. The Morgan fingerprint density at radius 2 is 1.68 bits per heavy atom. The fourth-order valence-corrected chi connectivity index (χ4v) is 1.30. The summed E-state index contributed by atoms with van der Waals surface area (Å²) in [6.07, 6.45) is 1.91. The smallest absolute Gasteiger partial charge is 0.272 e. The third-order valence-corrected chi connectivity index (χ3v) is 2.03. The van der Waals surface area contributed by atoms with Gasteiger partial charge in [0.1, 0.15) is 6.54 Å². The lowest BCUT2D eigenvalue weighted by Gasteiger charge is -2.01. The van der Waals surface area contributed by atoms with Gasteiger partial charge in [0.2, 0.25) is 0 Å². The Balaban J connectivity index is 0.000000312. The zero-order chi connectivity index (χ0) is 14.1. The Bertz CT molecular complexity index is 468. The number of phosphoric acid groups is 1. The van der Waals surface area contributed by atoms with Crippen molar-refractivity contribution in [2.45, 2.75) is 6.54 Å². The van der Waals surface area contributed by atoms with Gasteiger partial charge in [-0.3, -0.25) is 9.88 Å². The maximum Gasteiger partial charge on any atom is 0.272 e. The Kier molecular flexibility index (Phi) is 6.18. The van der Waals surface area contributed by atoms with Crippen LogP contribution in [0.25, 0.3) is 0 Å². The van der Waals surface area contributed by atoms with E-state index in [1.165, 1.54) is 5.56 Å². The van der Waals surface area contributed by atoms with E-state index in [1.807, 2.05) is 42.6 Å². The summed E-state index contributed by atoms with van der Waals surface area (Å²) in [5, 5.41) is 3.31. The maximum absolute atomic E-state index is 8.77. The molecule has 4 N–H and O–H groups in total. The lowest BCUT2D eigenvalue weighted by Crippen LogP contribution is -2.11. The van der Waals surface area contributed by atoms with Crippen molar-refractivity contribution in [2.24, 2.45) is 0 Å². The van der Waals surface area contributed by atoms with Crippen molar-refractivity contribution < 1.29 is 24.2 Å². The first-order valence-electron chi connectivity index (χ1n) is 5.46. The molecule has 0 aliphatic rings. The highest BCUT2D eigenvalue weighted by Crippen LogP contribution is 2.18. The molecule has 0 saturated carbocycles. The van der Waals surface area contributed by atoms with Crippen LogP contribution in [0.3, 0.4) is 0 Å². The number of H-pyrrole nitrogens is 1. The molecule has 2 aromatic rings. The van der Waals surface area contributed by atoms with Crippen molar-refractivity contribution in [1.29, 1.82) is 0 Å². The maximum atomic E-state index is 8.77. The van der Waals surface area contributed by atoms with Crippen molar-refractivity contribution in [2.75, 3.05) is 5.32 Å². The molecular formula is C12H15N2O4P. The second-order valence-electron chi connectivity index (χ2n) is 3.61. The first kappa shape index (κ1) is 15.3. The molecule has 0 fully saturated rings. The van der Waals surface area contributed by atoms with Gasteiger partial charge in [-0.1, -0.05) is 36.4 Å².